The molecule has 1 heterocycles. The number of amides is 1. The molecule has 0 saturated heterocycles. The summed E-state index contributed by atoms with van der Waals surface area (Å²) in [5, 5.41) is 16.1. The van der Waals surface area contributed by atoms with Gasteiger partial charge in [-0.1, -0.05) is 23.2 Å². The van der Waals surface area contributed by atoms with Crippen LogP contribution in [0.5, 0.6) is 0 Å². The minimum Gasteiger partial charge on any atom is -0.304 e. The predicted octanol–water partition coefficient (Wildman–Crippen LogP) is 2.85. The number of nitriles is 1. The fourth-order valence-electron chi connectivity index (χ4n) is 1.51. The fourth-order valence-corrected chi connectivity index (χ4v) is 2.01. The van der Waals surface area contributed by atoms with Gasteiger partial charge in [-0.2, -0.15) is 10.4 Å². The molecule has 96 valence electrons. The van der Waals surface area contributed by atoms with Crippen LogP contribution < -0.4 is 5.32 Å². The second-order valence-electron chi connectivity index (χ2n) is 3.76. The molecular weight excluding hydrogens is 287 g/mol. The van der Waals surface area contributed by atoms with Crippen molar-refractivity contribution >= 4 is 34.9 Å². The van der Waals surface area contributed by atoms with Crippen molar-refractivity contribution in [2.45, 2.75) is 0 Å². The van der Waals surface area contributed by atoms with Gasteiger partial charge in [-0.25, -0.2) is 0 Å². The lowest BCUT2D eigenvalue weighted by Gasteiger charge is -2.04. The van der Waals surface area contributed by atoms with Gasteiger partial charge in [0.2, 0.25) is 0 Å². The number of nitrogens with one attached hydrogen (secondary N) is 1. The van der Waals surface area contributed by atoms with E-state index in [1.165, 1.54) is 23.0 Å². The highest BCUT2D eigenvalue weighted by Crippen LogP contribution is 2.22. The summed E-state index contributed by atoms with van der Waals surface area (Å²) >= 11 is 11.7. The molecule has 0 fully saturated rings. The first kappa shape index (κ1) is 13.4. The average Bonchev–Trinajstić information content (AvgIpc) is 2.69. The second kappa shape index (κ2) is 5.31. The monoisotopic (exact) mass is 294 g/mol. The molecule has 0 unspecified atom stereocenters. The van der Waals surface area contributed by atoms with E-state index in [0.717, 1.165) is 0 Å². The summed E-state index contributed by atoms with van der Waals surface area (Å²) in [5.74, 6) is -0.252. The maximum absolute atomic E-state index is 12.0. The minimum atomic E-state index is -0.447. The Morgan fingerprint density at radius 1 is 1.47 bits per heavy atom. The van der Waals surface area contributed by atoms with Crippen molar-refractivity contribution in [1.29, 1.82) is 5.26 Å². The lowest BCUT2D eigenvalue weighted by atomic mass is 10.2. The molecule has 7 heteroatoms. The average molecular weight is 295 g/mol. The number of nitrogens with zero attached hydrogens (tertiary/aromatic N) is 3. The predicted molar refractivity (Wildman–Crippen MR) is 72.3 cm³/mol. The first-order valence-corrected chi connectivity index (χ1v) is 5.97. The van der Waals surface area contributed by atoms with Crippen LogP contribution in [0.2, 0.25) is 10.0 Å². The summed E-state index contributed by atoms with van der Waals surface area (Å²) in [7, 11) is 1.66. The molecule has 0 aliphatic rings. The Kier molecular flexibility index (Phi) is 3.74. The lowest BCUT2D eigenvalue weighted by Crippen LogP contribution is -2.13. The number of carbonyl (C=O) groups is 1. The number of carbonyl (C=O) groups excluding carboxylic acids is 1. The van der Waals surface area contributed by atoms with E-state index >= 15 is 0 Å². The summed E-state index contributed by atoms with van der Waals surface area (Å²) in [5.41, 5.74) is 0.543. The summed E-state index contributed by atoms with van der Waals surface area (Å²) < 4.78 is 1.44. The van der Waals surface area contributed by atoms with Crippen LogP contribution in [0.3, 0.4) is 0 Å². The van der Waals surface area contributed by atoms with Gasteiger partial charge in [0.1, 0.15) is 11.6 Å². The largest absolute Gasteiger partial charge is 0.304 e. The maximum atomic E-state index is 12.0. The number of rotatable bonds is 2. The highest BCUT2D eigenvalue weighted by atomic mass is 35.5. The van der Waals surface area contributed by atoms with Crippen LogP contribution in [0, 0.1) is 11.3 Å². The zero-order chi connectivity index (χ0) is 14.0. The van der Waals surface area contributed by atoms with E-state index in [9.17, 15) is 4.79 Å². The third kappa shape index (κ3) is 2.87. The Labute approximate surface area is 119 Å². The number of benzene rings is 1. The van der Waals surface area contributed by atoms with E-state index in [0.29, 0.717) is 5.02 Å². The zero-order valence-corrected chi connectivity index (χ0v) is 11.3. The van der Waals surface area contributed by atoms with E-state index in [-0.39, 0.29) is 22.0 Å². The molecule has 0 bridgehead atoms. The molecule has 1 amide bonds. The molecule has 0 aliphatic carbocycles. The first-order chi connectivity index (χ1) is 9.01. The van der Waals surface area contributed by atoms with Crippen LogP contribution in [-0.4, -0.2) is 15.7 Å². The van der Waals surface area contributed by atoms with Gasteiger partial charge in [-0.15, -0.1) is 0 Å². The Morgan fingerprint density at radius 2 is 2.21 bits per heavy atom. The quantitative estimate of drug-likeness (QED) is 0.926. The molecule has 2 rings (SSSR count). The van der Waals surface area contributed by atoms with Crippen LogP contribution in [-0.2, 0) is 7.05 Å². The Bertz CT molecular complexity index is 688. The van der Waals surface area contributed by atoms with Gasteiger partial charge < -0.3 is 5.32 Å². The van der Waals surface area contributed by atoms with Crippen molar-refractivity contribution in [1.82, 2.24) is 9.78 Å². The SMILES string of the molecule is Cn1cc(C#N)c(NC(=O)c2ccc(Cl)cc2Cl)n1. The molecule has 0 aliphatic heterocycles. The molecular formula is C12H8Cl2N4O. The van der Waals surface area contributed by atoms with E-state index in [2.05, 4.69) is 10.4 Å². The number of anilines is 1. The number of aryl methyl sites for hydroxylation is 1. The standard InChI is InChI=1S/C12H8Cl2N4O/c1-18-6-7(5-15)11(17-18)16-12(19)9-3-2-8(13)4-10(9)14/h2-4,6H,1H3,(H,16,17,19). The van der Waals surface area contributed by atoms with Crippen molar-refractivity contribution in [3.8, 4) is 6.07 Å². The Hall–Kier alpha value is -2.03. The van der Waals surface area contributed by atoms with Gasteiger partial charge >= 0.3 is 0 Å². The van der Waals surface area contributed by atoms with E-state index in [1.54, 1.807) is 13.1 Å². The summed E-state index contributed by atoms with van der Waals surface area (Å²) in [6.45, 7) is 0. The van der Waals surface area contributed by atoms with Gasteiger partial charge in [0, 0.05) is 18.3 Å². The molecule has 0 saturated carbocycles. The van der Waals surface area contributed by atoms with Crippen molar-refractivity contribution in [2.24, 2.45) is 7.05 Å². The van der Waals surface area contributed by atoms with E-state index in [4.69, 9.17) is 28.5 Å². The third-order valence-electron chi connectivity index (χ3n) is 2.36. The van der Waals surface area contributed by atoms with Gasteiger partial charge in [-0.3, -0.25) is 9.48 Å². The van der Waals surface area contributed by atoms with Crippen LogP contribution in [0.25, 0.3) is 0 Å². The van der Waals surface area contributed by atoms with Crippen molar-refractivity contribution < 1.29 is 4.79 Å². The Balaban J connectivity index is 2.28. The van der Waals surface area contributed by atoms with Crippen molar-refractivity contribution in [3.05, 3.63) is 45.6 Å². The fraction of sp³-hybridized carbons (Fsp3) is 0.0833. The first-order valence-electron chi connectivity index (χ1n) is 5.21. The van der Waals surface area contributed by atoms with Crippen LogP contribution in [0.4, 0.5) is 5.82 Å². The molecule has 5 nitrogen and oxygen atoms in total. The van der Waals surface area contributed by atoms with Gasteiger partial charge in [-0.05, 0) is 18.2 Å². The number of hydrogen-bond acceptors (Lipinski definition) is 3. The second-order valence-corrected chi connectivity index (χ2v) is 4.60. The van der Waals surface area contributed by atoms with Crippen LogP contribution in [0.15, 0.2) is 24.4 Å². The molecule has 1 aromatic carbocycles. The molecule has 2 aromatic rings. The highest BCUT2D eigenvalue weighted by molar-refractivity contribution is 6.37. The van der Waals surface area contributed by atoms with Crippen LogP contribution in [0.1, 0.15) is 15.9 Å². The topological polar surface area (TPSA) is 70.7 Å². The molecule has 1 aromatic heterocycles. The molecule has 0 atom stereocenters. The van der Waals surface area contributed by atoms with Crippen LogP contribution >= 0.6 is 23.2 Å². The summed E-state index contributed by atoms with van der Waals surface area (Å²) in [4.78, 5) is 12.0. The maximum Gasteiger partial charge on any atom is 0.258 e. The number of halogens is 2. The third-order valence-corrected chi connectivity index (χ3v) is 2.90. The number of aromatic nitrogens is 2. The lowest BCUT2D eigenvalue weighted by molar-refractivity contribution is 0.102. The van der Waals surface area contributed by atoms with E-state index in [1.807, 2.05) is 6.07 Å². The Morgan fingerprint density at radius 3 is 2.84 bits per heavy atom. The van der Waals surface area contributed by atoms with Gasteiger partial charge in [0.05, 0.1) is 10.6 Å². The van der Waals surface area contributed by atoms with Crippen molar-refractivity contribution in [2.75, 3.05) is 5.32 Å². The normalized spacial score (nSPS) is 10.0. The smallest absolute Gasteiger partial charge is 0.258 e. The minimum absolute atomic E-state index is 0.195. The van der Waals surface area contributed by atoms with Gasteiger partial charge in [0.25, 0.3) is 5.91 Å². The molecule has 1 N–H and O–H groups in total. The molecule has 0 radical (unpaired) electrons. The molecule has 0 spiro atoms. The molecule has 19 heavy (non-hydrogen) atoms. The van der Waals surface area contributed by atoms with E-state index < -0.39 is 5.91 Å². The number of hydrogen-bond donors (Lipinski definition) is 1. The summed E-state index contributed by atoms with van der Waals surface area (Å²) in [6.07, 6.45) is 1.51. The van der Waals surface area contributed by atoms with Gasteiger partial charge in [0.15, 0.2) is 5.82 Å². The zero-order valence-electron chi connectivity index (χ0n) is 9.82. The summed E-state index contributed by atoms with van der Waals surface area (Å²) in [6, 6.07) is 6.49. The van der Waals surface area contributed by atoms with Crippen molar-refractivity contribution in [3.63, 3.8) is 0 Å². The highest BCUT2D eigenvalue weighted by Gasteiger charge is 2.15.